The maximum atomic E-state index is 12.1. The maximum Gasteiger partial charge on any atom is 0.407 e. The Kier molecular flexibility index (Phi) is 3.43. The van der Waals surface area contributed by atoms with Gasteiger partial charge in [0.2, 0.25) is 0 Å². The van der Waals surface area contributed by atoms with Crippen LogP contribution in [0.5, 0.6) is 0 Å². The summed E-state index contributed by atoms with van der Waals surface area (Å²) >= 11 is 0. The van der Waals surface area contributed by atoms with Crippen LogP contribution in [0, 0.1) is 34.5 Å². The van der Waals surface area contributed by atoms with Gasteiger partial charge in [0.05, 0.1) is 6.07 Å². The molecule has 0 heterocycles. The van der Waals surface area contributed by atoms with Crippen molar-refractivity contribution < 1.29 is 9.53 Å². The predicted octanol–water partition coefficient (Wildman–Crippen LogP) is 3.62. The van der Waals surface area contributed by atoms with Crippen molar-refractivity contribution in [3.63, 3.8) is 0 Å². The van der Waals surface area contributed by atoms with Crippen LogP contribution >= 0.6 is 0 Å². The summed E-state index contributed by atoms with van der Waals surface area (Å²) in [7, 11) is 0. The first-order valence-corrected chi connectivity index (χ1v) is 8.17. The van der Waals surface area contributed by atoms with E-state index < -0.39 is 5.60 Å². The second-order valence-corrected chi connectivity index (χ2v) is 8.48. The highest BCUT2D eigenvalue weighted by Crippen LogP contribution is 2.61. The molecule has 4 fully saturated rings. The lowest BCUT2D eigenvalue weighted by Gasteiger charge is -2.59. The largest absolute Gasteiger partial charge is 0.444 e. The Labute approximate surface area is 127 Å². The van der Waals surface area contributed by atoms with Gasteiger partial charge in [0.25, 0.3) is 0 Å². The van der Waals surface area contributed by atoms with Crippen molar-refractivity contribution in [1.29, 1.82) is 5.26 Å². The first-order valence-electron chi connectivity index (χ1n) is 8.17. The van der Waals surface area contributed by atoms with Crippen molar-refractivity contribution in [1.82, 2.24) is 5.32 Å². The molecule has 0 spiro atoms. The molecule has 0 radical (unpaired) electrons. The van der Waals surface area contributed by atoms with Crippen LogP contribution in [0.3, 0.4) is 0 Å². The van der Waals surface area contributed by atoms with Gasteiger partial charge in [-0.25, -0.2) is 4.79 Å². The number of hydrogen-bond acceptors (Lipinski definition) is 3. The van der Waals surface area contributed by atoms with Gasteiger partial charge in [0.15, 0.2) is 0 Å². The first kappa shape index (κ1) is 14.7. The zero-order valence-electron chi connectivity index (χ0n) is 13.3. The van der Waals surface area contributed by atoms with Crippen LogP contribution in [0.4, 0.5) is 4.79 Å². The number of carbonyl (C=O) groups excluding carboxylic acids is 1. The van der Waals surface area contributed by atoms with E-state index in [4.69, 9.17) is 10.00 Å². The molecule has 1 amide bonds. The molecule has 21 heavy (non-hydrogen) atoms. The number of ether oxygens (including phenoxy) is 1. The van der Waals surface area contributed by atoms with E-state index in [-0.39, 0.29) is 17.6 Å². The Bertz CT molecular complexity index is 458. The number of alkyl carbamates (subject to hydrolysis) is 1. The molecule has 4 heteroatoms. The van der Waals surface area contributed by atoms with Crippen LogP contribution in [0.15, 0.2) is 0 Å². The van der Waals surface area contributed by atoms with Crippen molar-refractivity contribution in [2.45, 2.75) is 70.9 Å². The second-order valence-electron chi connectivity index (χ2n) is 8.48. The lowest BCUT2D eigenvalue weighted by molar-refractivity contribution is -0.0747. The molecular formula is C17H26N2O2. The average Bonchev–Trinajstić information content (AvgIpc) is 2.30. The van der Waals surface area contributed by atoms with E-state index in [1.54, 1.807) is 0 Å². The van der Waals surface area contributed by atoms with Crippen molar-refractivity contribution in [3.8, 4) is 6.07 Å². The van der Waals surface area contributed by atoms with Crippen molar-refractivity contribution in [3.05, 3.63) is 0 Å². The van der Waals surface area contributed by atoms with Gasteiger partial charge in [-0.15, -0.1) is 0 Å². The molecule has 2 unspecified atom stereocenters. The summed E-state index contributed by atoms with van der Waals surface area (Å²) in [5.41, 5.74) is -0.199. The molecule has 4 rings (SSSR count). The van der Waals surface area contributed by atoms with Crippen molar-refractivity contribution >= 4 is 6.09 Å². The molecule has 2 atom stereocenters. The fourth-order valence-electron chi connectivity index (χ4n) is 5.26. The molecule has 1 N–H and O–H groups in total. The molecule has 0 aromatic heterocycles. The summed E-state index contributed by atoms with van der Waals surface area (Å²) in [6.45, 7) is 5.68. The Morgan fingerprint density at radius 1 is 1.29 bits per heavy atom. The van der Waals surface area contributed by atoms with Crippen LogP contribution in [0.1, 0.15) is 59.3 Å². The van der Waals surface area contributed by atoms with Gasteiger partial charge in [-0.1, -0.05) is 0 Å². The van der Waals surface area contributed by atoms with Gasteiger partial charge in [0.1, 0.15) is 5.60 Å². The number of carbonyl (C=O) groups is 1. The Hall–Kier alpha value is -1.24. The maximum absolute atomic E-state index is 12.1. The normalized spacial score (nSPS) is 40.7. The highest BCUT2D eigenvalue weighted by atomic mass is 16.6. The molecule has 4 aliphatic carbocycles. The summed E-state index contributed by atoms with van der Waals surface area (Å²) in [6, 6.07) is 2.65. The molecule has 0 aromatic rings. The third-order valence-corrected chi connectivity index (χ3v) is 5.54. The molecule has 116 valence electrons. The fraction of sp³-hybridized carbons (Fsp3) is 0.882. The second kappa shape index (κ2) is 4.90. The predicted molar refractivity (Wildman–Crippen MR) is 79.4 cm³/mol. The van der Waals surface area contributed by atoms with E-state index in [1.165, 1.54) is 19.3 Å². The molecule has 4 aliphatic rings. The lowest BCUT2D eigenvalue weighted by Crippen LogP contribution is -2.59. The average molecular weight is 290 g/mol. The van der Waals surface area contributed by atoms with Gasteiger partial charge >= 0.3 is 6.09 Å². The summed E-state index contributed by atoms with van der Waals surface area (Å²) < 4.78 is 5.41. The summed E-state index contributed by atoms with van der Waals surface area (Å²) in [5.74, 6) is 1.85. The Balaban J connectivity index is 1.68. The molecule has 4 nitrogen and oxygen atoms in total. The van der Waals surface area contributed by atoms with Crippen LogP contribution in [0.25, 0.3) is 0 Å². The SMILES string of the molecule is CC(C)(C)OC(=O)NC1C2CC3CC1CC(CC#N)(C3)C2. The minimum absolute atomic E-state index is 0.247. The van der Waals surface area contributed by atoms with Gasteiger partial charge in [-0.05, 0) is 76.0 Å². The minimum Gasteiger partial charge on any atom is -0.444 e. The van der Waals surface area contributed by atoms with Crippen LogP contribution in [0.2, 0.25) is 0 Å². The number of nitrogens with zero attached hydrogens (tertiary/aromatic N) is 1. The van der Waals surface area contributed by atoms with Crippen molar-refractivity contribution in [2.75, 3.05) is 0 Å². The number of amides is 1. The van der Waals surface area contributed by atoms with Gasteiger partial charge in [0, 0.05) is 12.5 Å². The Morgan fingerprint density at radius 3 is 2.43 bits per heavy atom. The van der Waals surface area contributed by atoms with Gasteiger partial charge < -0.3 is 10.1 Å². The van der Waals surface area contributed by atoms with E-state index in [9.17, 15) is 4.79 Å². The summed E-state index contributed by atoms with van der Waals surface area (Å²) in [5, 5.41) is 12.3. The molecular weight excluding hydrogens is 264 g/mol. The molecule has 0 aromatic carbocycles. The first-order chi connectivity index (χ1) is 9.80. The van der Waals surface area contributed by atoms with Gasteiger partial charge in [-0.3, -0.25) is 0 Å². The van der Waals surface area contributed by atoms with E-state index in [1.807, 2.05) is 20.8 Å². The van der Waals surface area contributed by atoms with E-state index >= 15 is 0 Å². The lowest BCUT2D eigenvalue weighted by atomic mass is 9.47. The van der Waals surface area contributed by atoms with E-state index in [0.717, 1.165) is 18.8 Å². The number of nitrogens with one attached hydrogen (secondary N) is 1. The van der Waals surface area contributed by atoms with Crippen LogP contribution in [-0.4, -0.2) is 17.7 Å². The molecule has 4 bridgehead atoms. The zero-order chi connectivity index (χ0) is 15.3. The molecule has 0 saturated heterocycles. The van der Waals surface area contributed by atoms with Crippen LogP contribution < -0.4 is 5.32 Å². The molecule has 0 aliphatic heterocycles. The standard InChI is InChI=1S/C17H26N2O2/c1-16(2,3)21-15(20)19-14-12-6-11-7-13(14)10-17(8-11,9-12)4-5-18/h11-14H,4,6-10H2,1-3H3,(H,19,20). The number of nitriles is 1. The number of hydrogen-bond donors (Lipinski definition) is 1. The minimum atomic E-state index is -0.446. The summed E-state index contributed by atoms with van der Waals surface area (Å²) in [4.78, 5) is 12.1. The third kappa shape index (κ3) is 2.88. The van der Waals surface area contributed by atoms with E-state index in [2.05, 4.69) is 11.4 Å². The smallest absolute Gasteiger partial charge is 0.407 e. The fourth-order valence-corrected chi connectivity index (χ4v) is 5.26. The zero-order valence-corrected chi connectivity index (χ0v) is 13.3. The van der Waals surface area contributed by atoms with Gasteiger partial charge in [-0.2, -0.15) is 5.26 Å². The monoisotopic (exact) mass is 290 g/mol. The summed E-state index contributed by atoms with van der Waals surface area (Å²) in [6.07, 6.45) is 6.27. The molecule has 4 saturated carbocycles. The van der Waals surface area contributed by atoms with Crippen LogP contribution in [-0.2, 0) is 4.74 Å². The quantitative estimate of drug-likeness (QED) is 0.845. The topological polar surface area (TPSA) is 62.1 Å². The third-order valence-electron chi connectivity index (χ3n) is 5.54. The van der Waals surface area contributed by atoms with Crippen molar-refractivity contribution in [2.24, 2.45) is 23.2 Å². The highest BCUT2D eigenvalue weighted by Gasteiger charge is 2.55. The Morgan fingerprint density at radius 2 is 1.90 bits per heavy atom. The van der Waals surface area contributed by atoms with E-state index in [0.29, 0.717) is 18.3 Å². The highest BCUT2D eigenvalue weighted by molar-refractivity contribution is 5.68. The number of rotatable bonds is 2.